The Labute approximate surface area is 99.6 Å². The fraction of sp³-hybridized carbons (Fsp3) is 0.462. The van der Waals surface area contributed by atoms with E-state index < -0.39 is 23.0 Å². The molecule has 0 amide bonds. The molecule has 0 radical (unpaired) electrons. The average Bonchev–Trinajstić information content (AvgIpc) is 2.35. The minimum Gasteiger partial charge on any atom is -0.370 e. The summed E-state index contributed by atoms with van der Waals surface area (Å²) in [5, 5.41) is 0. The number of hydrogen-bond donors (Lipinski definition) is 0. The summed E-state index contributed by atoms with van der Waals surface area (Å²) >= 11 is 0. The maximum Gasteiger partial charge on any atom is 0.197 e. The van der Waals surface area contributed by atoms with Crippen molar-refractivity contribution in [3.8, 4) is 0 Å². The van der Waals surface area contributed by atoms with Crippen molar-refractivity contribution in [3.05, 3.63) is 35.4 Å². The van der Waals surface area contributed by atoms with Crippen molar-refractivity contribution < 1.29 is 18.3 Å². The topological polar surface area (TPSA) is 26.3 Å². The van der Waals surface area contributed by atoms with Crippen LogP contribution in [0.3, 0.4) is 0 Å². The molecule has 0 spiro atoms. The Morgan fingerprint density at radius 1 is 1.29 bits per heavy atom. The van der Waals surface area contributed by atoms with E-state index in [1.54, 1.807) is 13.8 Å². The maximum absolute atomic E-state index is 13.5. The normalized spacial score (nSPS) is 11.6. The van der Waals surface area contributed by atoms with E-state index in [0.717, 1.165) is 18.2 Å². The van der Waals surface area contributed by atoms with Gasteiger partial charge < -0.3 is 4.74 Å². The summed E-state index contributed by atoms with van der Waals surface area (Å²) in [6, 6.07) is 2.85. The standard InChI is InChI=1S/C13H16F2O2/c1-4-13(5-2,17-3)12(16)10-8-9(14)6-7-11(10)15/h6-8H,4-5H2,1-3H3. The van der Waals surface area contributed by atoms with Crippen molar-refractivity contribution >= 4 is 5.78 Å². The maximum atomic E-state index is 13.5. The quantitative estimate of drug-likeness (QED) is 0.740. The second kappa shape index (κ2) is 5.36. The molecular weight excluding hydrogens is 226 g/mol. The number of benzene rings is 1. The zero-order valence-corrected chi connectivity index (χ0v) is 10.2. The van der Waals surface area contributed by atoms with E-state index in [1.807, 2.05) is 0 Å². The third-order valence-corrected chi connectivity index (χ3v) is 3.12. The zero-order valence-electron chi connectivity index (χ0n) is 10.2. The van der Waals surface area contributed by atoms with Crippen LogP contribution in [0.5, 0.6) is 0 Å². The van der Waals surface area contributed by atoms with Crippen LogP contribution in [-0.4, -0.2) is 18.5 Å². The number of carbonyl (C=O) groups excluding carboxylic acids is 1. The predicted octanol–water partition coefficient (Wildman–Crippen LogP) is 3.35. The van der Waals surface area contributed by atoms with Crippen LogP contribution in [0.15, 0.2) is 18.2 Å². The van der Waals surface area contributed by atoms with Crippen molar-refractivity contribution in [3.63, 3.8) is 0 Å². The lowest BCUT2D eigenvalue weighted by Gasteiger charge is -2.28. The van der Waals surface area contributed by atoms with Crippen molar-refractivity contribution in [2.45, 2.75) is 32.3 Å². The zero-order chi connectivity index (χ0) is 13.1. The van der Waals surface area contributed by atoms with Crippen LogP contribution in [0.1, 0.15) is 37.0 Å². The summed E-state index contributed by atoms with van der Waals surface area (Å²) in [7, 11) is 1.40. The minimum absolute atomic E-state index is 0.254. The van der Waals surface area contributed by atoms with E-state index in [0.29, 0.717) is 12.8 Å². The van der Waals surface area contributed by atoms with E-state index in [1.165, 1.54) is 7.11 Å². The summed E-state index contributed by atoms with van der Waals surface area (Å²) in [6.45, 7) is 3.56. The highest BCUT2D eigenvalue weighted by molar-refractivity contribution is 6.02. The van der Waals surface area contributed by atoms with Crippen LogP contribution in [0, 0.1) is 11.6 Å². The molecule has 0 heterocycles. The molecule has 0 fully saturated rings. The molecule has 0 aliphatic rings. The molecule has 1 aromatic rings. The van der Waals surface area contributed by atoms with Gasteiger partial charge in [-0.2, -0.15) is 0 Å². The van der Waals surface area contributed by atoms with Crippen molar-refractivity contribution in [1.82, 2.24) is 0 Å². The van der Waals surface area contributed by atoms with Crippen LogP contribution < -0.4 is 0 Å². The van der Waals surface area contributed by atoms with Gasteiger partial charge in [0.2, 0.25) is 0 Å². The van der Waals surface area contributed by atoms with Crippen LogP contribution in [0.4, 0.5) is 8.78 Å². The number of carbonyl (C=O) groups is 1. The first-order valence-corrected chi connectivity index (χ1v) is 5.55. The number of ketones is 1. The fourth-order valence-electron chi connectivity index (χ4n) is 1.87. The molecule has 0 bridgehead atoms. The van der Waals surface area contributed by atoms with Gasteiger partial charge in [-0.1, -0.05) is 13.8 Å². The number of Topliss-reactive ketones (excluding diaryl/α,β-unsaturated/α-hetero) is 1. The summed E-state index contributed by atoms with van der Waals surface area (Å²) in [5.74, 6) is -1.87. The lowest BCUT2D eigenvalue weighted by atomic mass is 9.87. The van der Waals surface area contributed by atoms with Crippen molar-refractivity contribution in [2.24, 2.45) is 0 Å². The fourth-order valence-corrected chi connectivity index (χ4v) is 1.87. The third kappa shape index (κ3) is 2.52. The number of methoxy groups -OCH3 is 1. The Morgan fingerprint density at radius 2 is 1.88 bits per heavy atom. The van der Waals surface area contributed by atoms with E-state index in [-0.39, 0.29) is 5.56 Å². The molecule has 94 valence electrons. The van der Waals surface area contributed by atoms with Gasteiger partial charge in [-0.15, -0.1) is 0 Å². The van der Waals surface area contributed by atoms with Crippen LogP contribution in [0.2, 0.25) is 0 Å². The Kier molecular flexibility index (Phi) is 4.34. The monoisotopic (exact) mass is 242 g/mol. The first kappa shape index (κ1) is 13.8. The summed E-state index contributed by atoms with van der Waals surface area (Å²) in [5.41, 5.74) is -1.33. The van der Waals surface area contributed by atoms with Gasteiger partial charge in [-0.3, -0.25) is 4.79 Å². The Bertz CT molecular complexity index is 404. The Hall–Kier alpha value is -1.29. The molecule has 0 saturated heterocycles. The first-order chi connectivity index (χ1) is 8.00. The van der Waals surface area contributed by atoms with E-state index in [2.05, 4.69) is 0 Å². The van der Waals surface area contributed by atoms with Gasteiger partial charge in [0.15, 0.2) is 5.78 Å². The van der Waals surface area contributed by atoms with Gasteiger partial charge >= 0.3 is 0 Å². The lowest BCUT2D eigenvalue weighted by molar-refractivity contribution is -0.00295. The van der Waals surface area contributed by atoms with Gasteiger partial charge in [-0.05, 0) is 31.0 Å². The van der Waals surface area contributed by atoms with E-state index in [9.17, 15) is 13.6 Å². The van der Waals surface area contributed by atoms with Gasteiger partial charge in [0.05, 0.1) is 5.56 Å². The summed E-state index contributed by atoms with van der Waals surface area (Å²) in [6.07, 6.45) is 0.823. The molecular formula is C13H16F2O2. The van der Waals surface area contributed by atoms with Crippen molar-refractivity contribution in [2.75, 3.05) is 7.11 Å². The summed E-state index contributed by atoms with van der Waals surface area (Å²) in [4.78, 5) is 12.2. The van der Waals surface area contributed by atoms with Gasteiger partial charge in [0, 0.05) is 7.11 Å². The Morgan fingerprint density at radius 3 is 2.35 bits per heavy atom. The largest absolute Gasteiger partial charge is 0.370 e. The molecule has 0 saturated carbocycles. The average molecular weight is 242 g/mol. The van der Waals surface area contributed by atoms with E-state index >= 15 is 0 Å². The third-order valence-electron chi connectivity index (χ3n) is 3.12. The van der Waals surface area contributed by atoms with Gasteiger partial charge in [0.25, 0.3) is 0 Å². The van der Waals surface area contributed by atoms with Gasteiger partial charge in [0.1, 0.15) is 17.2 Å². The minimum atomic E-state index is -1.07. The first-order valence-electron chi connectivity index (χ1n) is 5.55. The number of halogens is 2. The lowest BCUT2D eigenvalue weighted by Crippen LogP contribution is -2.40. The predicted molar refractivity (Wildman–Crippen MR) is 61.0 cm³/mol. The SMILES string of the molecule is CCC(CC)(OC)C(=O)c1cc(F)ccc1F. The van der Waals surface area contributed by atoms with Gasteiger partial charge in [-0.25, -0.2) is 8.78 Å². The van der Waals surface area contributed by atoms with Crippen LogP contribution in [-0.2, 0) is 4.74 Å². The Balaban J connectivity index is 3.23. The molecule has 2 nitrogen and oxygen atoms in total. The molecule has 1 aromatic carbocycles. The molecule has 0 atom stereocenters. The number of rotatable bonds is 5. The number of hydrogen-bond acceptors (Lipinski definition) is 2. The van der Waals surface area contributed by atoms with Crippen LogP contribution >= 0.6 is 0 Å². The highest BCUT2D eigenvalue weighted by Gasteiger charge is 2.36. The molecule has 1 rings (SSSR count). The second-order valence-electron chi connectivity index (χ2n) is 3.86. The molecule has 0 aliphatic carbocycles. The second-order valence-corrected chi connectivity index (χ2v) is 3.86. The molecule has 0 unspecified atom stereocenters. The molecule has 17 heavy (non-hydrogen) atoms. The van der Waals surface area contributed by atoms with E-state index in [4.69, 9.17) is 4.74 Å². The van der Waals surface area contributed by atoms with Crippen molar-refractivity contribution in [1.29, 1.82) is 0 Å². The summed E-state index contributed by atoms with van der Waals surface area (Å²) < 4.78 is 31.8. The highest BCUT2D eigenvalue weighted by Crippen LogP contribution is 2.26. The molecule has 0 aromatic heterocycles. The molecule has 4 heteroatoms. The molecule has 0 aliphatic heterocycles. The smallest absolute Gasteiger partial charge is 0.197 e. The highest BCUT2D eigenvalue weighted by atomic mass is 19.1. The number of ether oxygens (including phenoxy) is 1. The molecule has 0 N–H and O–H groups in total. The van der Waals surface area contributed by atoms with Crippen LogP contribution in [0.25, 0.3) is 0 Å².